The first kappa shape index (κ1) is 14.4. The molecule has 0 radical (unpaired) electrons. The molecule has 0 bridgehead atoms. The number of Topliss-reactive ketones (excluding diaryl/α,β-unsaturated/α-hetero) is 1. The van der Waals surface area contributed by atoms with E-state index in [4.69, 9.17) is 16.3 Å². The summed E-state index contributed by atoms with van der Waals surface area (Å²) in [4.78, 5) is 25.7. The highest BCUT2D eigenvalue weighted by Crippen LogP contribution is 2.35. The van der Waals surface area contributed by atoms with Crippen LogP contribution < -0.4 is 0 Å². The number of hydrogen-bond acceptors (Lipinski definition) is 3. The highest BCUT2D eigenvalue weighted by molar-refractivity contribution is 6.32. The Bertz CT molecular complexity index is 612. The molecule has 1 aromatic carbocycles. The molecule has 0 unspecified atom stereocenters. The molecule has 2 aliphatic rings. The summed E-state index contributed by atoms with van der Waals surface area (Å²) in [6, 6.07) is 1.98. The van der Waals surface area contributed by atoms with Crippen molar-refractivity contribution < 1.29 is 14.3 Å². The van der Waals surface area contributed by atoms with Crippen LogP contribution in [0.5, 0.6) is 0 Å². The van der Waals surface area contributed by atoms with Gasteiger partial charge in [0, 0.05) is 30.1 Å². The normalized spacial score (nSPS) is 17.2. The van der Waals surface area contributed by atoms with Gasteiger partial charge in [0.1, 0.15) is 0 Å². The van der Waals surface area contributed by atoms with Crippen molar-refractivity contribution in [3.63, 3.8) is 0 Å². The molecule has 0 spiro atoms. The van der Waals surface area contributed by atoms with Gasteiger partial charge in [-0.15, -0.1) is 0 Å². The van der Waals surface area contributed by atoms with Crippen LogP contribution in [0, 0.1) is 0 Å². The molecule has 0 aromatic heterocycles. The van der Waals surface area contributed by atoms with E-state index in [2.05, 4.69) is 0 Å². The van der Waals surface area contributed by atoms with E-state index in [9.17, 15) is 9.59 Å². The van der Waals surface area contributed by atoms with Gasteiger partial charge < -0.3 is 9.64 Å². The molecule has 1 aliphatic heterocycles. The average Bonchev–Trinajstić information content (AvgIpc) is 2.72. The van der Waals surface area contributed by atoms with E-state index in [1.54, 1.807) is 11.8 Å². The Labute approximate surface area is 129 Å². The van der Waals surface area contributed by atoms with E-state index in [1.807, 2.05) is 6.07 Å². The van der Waals surface area contributed by atoms with E-state index in [1.165, 1.54) is 0 Å². The minimum absolute atomic E-state index is 0.188. The fourth-order valence-electron chi connectivity index (χ4n) is 3.25. The van der Waals surface area contributed by atoms with Crippen LogP contribution in [0.3, 0.4) is 0 Å². The quantitative estimate of drug-likeness (QED) is 0.801. The summed E-state index contributed by atoms with van der Waals surface area (Å²) in [5.41, 5.74) is 4.00. The molecule has 21 heavy (non-hydrogen) atoms. The third-order valence-electron chi connectivity index (χ3n) is 4.27. The van der Waals surface area contributed by atoms with Crippen LogP contribution in [-0.2, 0) is 24.0 Å². The van der Waals surface area contributed by atoms with Gasteiger partial charge in [0.25, 0.3) is 0 Å². The molecule has 1 amide bonds. The molecule has 3 rings (SSSR count). The molecule has 1 heterocycles. The first-order valence-corrected chi connectivity index (χ1v) is 7.77. The number of carbonyl (C=O) groups is 2. The van der Waals surface area contributed by atoms with Gasteiger partial charge in [0.05, 0.1) is 6.61 Å². The van der Waals surface area contributed by atoms with Crippen LogP contribution >= 0.6 is 11.6 Å². The number of fused-ring (bicyclic) bond motifs is 3. The fraction of sp³-hybridized carbons (Fsp3) is 0.500. The Morgan fingerprint density at radius 2 is 2.00 bits per heavy atom. The summed E-state index contributed by atoms with van der Waals surface area (Å²) in [5, 5.41) is 0.694. The van der Waals surface area contributed by atoms with Crippen molar-refractivity contribution in [2.75, 3.05) is 19.7 Å². The zero-order valence-corrected chi connectivity index (χ0v) is 12.8. The molecule has 0 fully saturated rings. The van der Waals surface area contributed by atoms with Gasteiger partial charge in [0.2, 0.25) is 0 Å². The lowest BCUT2D eigenvalue weighted by molar-refractivity contribution is 0.0993. The summed E-state index contributed by atoms with van der Waals surface area (Å²) in [6.45, 7) is 3.38. The Morgan fingerprint density at radius 3 is 2.76 bits per heavy atom. The number of halogens is 1. The maximum absolute atomic E-state index is 12.2. The SMILES string of the molecule is CCOC(=O)N1CCc2cc(Cl)c3c(c2CC1)C(=O)CC3. The highest BCUT2D eigenvalue weighted by atomic mass is 35.5. The predicted octanol–water partition coefficient (Wildman–Crippen LogP) is 3.03. The summed E-state index contributed by atoms with van der Waals surface area (Å²) >= 11 is 6.32. The summed E-state index contributed by atoms with van der Waals surface area (Å²) in [7, 11) is 0. The van der Waals surface area contributed by atoms with Crippen LogP contribution in [0.4, 0.5) is 4.79 Å². The Hall–Kier alpha value is -1.55. The largest absolute Gasteiger partial charge is 0.450 e. The maximum Gasteiger partial charge on any atom is 0.409 e. The minimum atomic E-state index is -0.278. The zero-order valence-electron chi connectivity index (χ0n) is 12.1. The summed E-state index contributed by atoms with van der Waals surface area (Å²) < 4.78 is 5.07. The lowest BCUT2D eigenvalue weighted by Crippen LogP contribution is -2.33. The van der Waals surface area contributed by atoms with Gasteiger partial charge in [-0.3, -0.25) is 4.79 Å². The summed E-state index contributed by atoms with van der Waals surface area (Å²) in [5.74, 6) is 0.188. The van der Waals surface area contributed by atoms with E-state index in [0.717, 1.165) is 28.7 Å². The molecule has 112 valence electrons. The van der Waals surface area contributed by atoms with Crippen LogP contribution in [0.25, 0.3) is 0 Å². The topological polar surface area (TPSA) is 46.6 Å². The molecule has 0 atom stereocenters. The smallest absolute Gasteiger partial charge is 0.409 e. The first-order chi connectivity index (χ1) is 10.1. The van der Waals surface area contributed by atoms with Gasteiger partial charge in [0.15, 0.2) is 5.78 Å². The number of hydrogen-bond donors (Lipinski definition) is 0. The van der Waals surface area contributed by atoms with Crippen molar-refractivity contribution in [3.8, 4) is 0 Å². The molecule has 1 aromatic rings. The van der Waals surface area contributed by atoms with E-state index in [0.29, 0.717) is 44.0 Å². The Kier molecular flexibility index (Phi) is 3.89. The third kappa shape index (κ3) is 2.53. The molecule has 0 saturated carbocycles. The molecular weight excluding hydrogens is 290 g/mol. The standard InChI is InChI=1S/C16H18ClNO3/c1-2-21-16(20)18-7-5-10-9-13(17)12-3-4-14(19)15(12)11(10)6-8-18/h9H,2-8H2,1H3. The lowest BCUT2D eigenvalue weighted by Gasteiger charge is -2.19. The second-order valence-corrected chi connectivity index (χ2v) is 5.87. The lowest BCUT2D eigenvalue weighted by atomic mass is 9.94. The minimum Gasteiger partial charge on any atom is -0.450 e. The molecule has 5 heteroatoms. The third-order valence-corrected chi connectivity index (χ3v) is 4.61. The van der Waals surface area contributed by atoms with Gasteiger partial charge in [-0.2, -0.15) is 0 Å². The second-order valence-electron chi connectivity index (χ2n) is 5.46. The molecular formula is C16H18ClNO3. The zero-order chi connectivity index (χ0) is 15.0. The molecule has 4 nitrogen and oxygen atoms in total. The number of ether oxygens (including phenoxy) is 1. The van der Waals surface area contributed by atoms with E-state index < -0.39 is 0 Å². The van der Waals surface area contributed by atoms with Crippen LogP contribution in [0.15, 0.2) is 6.07 Å². The fourth-order valence-corrected chi connectivity index (χ4v) is 3.57. The van der Waals surface area contributed by atoms with E-state index in [-0.39, 0.29) is 11.9 Å². The predicted molar refractivity (Wildman–Crippen MR) is 80.1 cm³/mol. The molecule has 0 saturated heterocycles. The van der Waals surface area contributed by atoms with Crippen LogP contribution in [0.2, 0.25) is 5.02 Å². The van der Waals surface area contributed by atoms with Crippen molar-refractivity contribution in [3.05, 3.63) is 33.3 Å². The van der Waals surface area contributed by atoms with Gasteiger partial charge >= 0.3 is 6.09 Å². The monoisotopic (exact) mass is 307 g/mol. The van der Waals surface area contributed by atoms with Gasteiger partial charge in [-0.1, -0.05) is 11.6 Å². The highest BCUT2D eigenvalue weighted by Gasteiger charge is 2.29. The van der Waals surface area contributed by atoms with Gasteiger partial charge in [-0.05, 0) is 48.9 Å². The number of amides is 1. The number of carbonyl (C=O) groups excluding carboxylic acids is 2. The second kappa shape index (κ2) is 5.68. The molecule has 1 aliphatic carbocycles. The van der Waals surface area contributed by atoms with Crippen molar-refractivity contribution >= 4 is 23.5 Å². The number of nitrogens with zero attached hydrogens (tertiary/aromatic N) is 1. The first-order valence-electron chi connectivity index (χ1n) is 7.39. The van der Waals surface area contributed by atoms with Crippen LogP contribution in [0.1, 0.15) is 40.4 Å². The maximum atomic E-state index is 12.2. The number of ketones is 1. The molecule has 0 N–H and O–H groups in total. The van der Waals surface area contributed by atoms with Crippen LogP contribution in [-0.4, -0.2) is 36.5 Å². The van der Waals surface area contributed by atoms with Gasteiger partial charge in [-0.25, -0.2) is 4.79 Å². The van der Waals surface area contributed by atoms with Crippen molar-refractivity contribution in [1.29, 1.82) is 0 Å². The van der Waals surface area contributed by atoms with Crippen molar-refractivity contribution in [1.82, 2.24) is 4.90 Å². The van der Waals surface area contributed by atoms with E-state index >= 15 is 0 Å². The number of rotatable bonds is 1. The van der Waals surface area contributed by atoms with Crippen molar-refractivity contribution in [2.45, 2.75) is 32.6 Å². The Balaban J connectivity index is 1.92. The summed E-state index contributed by atoms with van der Waals surface area (Å²) in [6.07, 6.45) is 2.42. The Morgan fingerprint density at radius 1 is 1.24 bits per heavy atom. The number of benzene rings is 1. The average molecular weight is 308 g/mol. The van der Waals surface area contributed by atoms with Crippen molar-refractivity contribution in [2.24, 2.45) is 0 Å².